The minimum Gasteiger partial charge on any atom is -0.327 e. The molecular formula is C16H17FN2O2. The van der Waals surface area contributed by atoms with Gasteiger partial charge >= 0.3 is 5.69 Å². The van der Waals surface area contributed by atoms with E-state index in [1.165, 1.54) is 12.1 Å². The van der Waals surface area contributed by atoms with Gasteiger partial charge in [-0.3, -0.25) is 10.1 Å². The van der Waals surface area contributed by atoms with Crippen LogP contribution in [0.1, 0.15) is 16.7 Å². The van der Waals surface area contributed by atoms with Gasteiger partial charge < -0.3 is 5.73 Å². The van der Waals surface area contributed by atoms with Gasteiger partial charge in [0, 0.05) is 12.1 Å². The maximum atomic E-state index is 14.0. The summed E-state index contributed by atoms with van der Waals surface area (Å²) in [6.45, 7) is 2.00. The van der Waals surface area contributed by atoms with Crippen LogP contribution in [0, 0.1) is 22.9 Å². The van der Waals surface area contributed by atoms with Gasteiger partial charge in [0.2, 0.25) is 5.82 Å². The summed E-state index contributed by atoms with van der Waals surface area (Å²) in [5.74, 6) is -0.790. The molecule has 2 N–H and O–H groups in total. The molecule has 0 aliphatic rings. The third kappa shape index (κ3) is 3.86. The molecule has 0 aromatic heterocycles. The molecule has 0 amide bonds. The quantitative estimate of drug-likeness (QED) is 0.678. The molecule has 2 aromatic rings. The van der Waals surface area contributed by atoms with Crippen LogP contribution in [0.4, 0.5) is 10.1 Å². The molecule has 2 aromatic carbocycles. The van der Waals surface area contributed by atoms with Gasteiger partial charge in [-0.25, -0.2) is 0 Å². The van der Waals surface area contributed by atoms with Crippen molar-refractivity contribution in [2.75, 3.05) is 0 Å². The van der Waals surface area contributed by atoms with Crippen molar-refractivity contribution in [2.24, 2.45) is 5.73 Å². The highest BCUT2D eigenvalue weighted by Gasteiger charge is 2.18. The first kappa shape index (κ1) is 15.1. The Bertz CT molecular complexity index is 641. The normalized spacial score (nSPS) is 12.1. The van der Waals surface area contributed by atoms with Crippen LogP contribution in [0.5, 0.6) is 0 Å². The second kappa shape index (κ2) is 6.45. The van der Waals surface area contributed by atoms with E-state index in [1.54, 1.807) is 0 Å². The molecule has 0 heterocycles. The Balaban J connectivity index is 2.09. The largest absolute Gasteiger partial charge is 0.327 e. The summed E-state index contributed by atoms with van der Waals surface area (Å²) in [5, 5.41) is 10.7. The van der Waals surface area contributed by atoms with E-state index in [0.717, 1.165) is 17.2 Å². The summed E-state index contributed by atoms with van der Waals surface area (Å²) in [6.07, 6.45) is 0.865. The molecule has 1 atom stereocenters. The molecule has 0 fully saturated rings. The summed E-state index contributed by atoms with van der Waals surface area (Å²) in [6, 6.07) is 11.9. The molecule has 0 aliphatic carbocycles. The zero-order valence-electron chi connectivity index (χ0n) is 11.8. The molecule has 0 radical (unpaired) electrons. The van der Waals surface area contributed by atoms with Gasteiger partial charge in [0.05, 0.1) is 4.92 Å². The van der Waals surface area contributed by atoms with Gasteiger partial charge in [0.1, 0.15) is 0 Å². The van der Waals surface area contributed by atoms with Crippen molar-refractivity contribution in [3.63, 3.8) is 0 Å². The minimum absolute atomic E-state index is 0.265. The average Bonchev–Trinajstić information content (AvgIpc) is 2.43. The van der Waals surface area contributed by atoms with Gasteiger partial charge in [-0.15, -0.1) is 0 Å². The van der Waals surface area contributed by atoms with E-state index in [1.807, 2.05) is 31.2 Å². The first-order valence-corrected chi connectivity index (χ1v) is 6.70. The number of rotatable bonds is 5. The molecule has 0 spiro atoms. The molecule has 110 valence electrons. The van der Waals surface area contributed by atoms with Gasteiger partial charge in [0.25, 0.3) is 0 Å². The highest BCUT2D eigenvalue weighted by atomic mass is 19.1. The summed E-state index contributed by atoms with van der Waals surface area (Å²) in [4.78, 5) is 10.00. The number of nitro benzene ring substituents is 1. The lowest BCUT2D eigenvalue weighted by molar-refractivity contribution is -0.387. The van der Waals surface area contributed by atoms with Crippen molar-refractivity contribution in [2.45, 2.75) is 25.8 Å². The summed E-state index contributed by atoms with van der Waals surface area (Å²) in [7, 11) is 0. The fraction of sp³-hybridized carbons (Fsp3) is 0.250. The fourth-order valence-electron chi connectivity index (χ4n) is 2.25. The number of nitrogens with zero attached hydrogens (tertiary/aromatic N) is 1. The minimum atomic E-state index is -0.790. The predicted molar refractivity (Wildman–Crippen MR) is 79.6 cm³/mol. The third-order valence-corrected chi connectivity index (χ3v) is 3.36. The van der Waals surface area contributed by atoms with Crippen molar-refractivity contribution in [3.8, 4) is 0 Å². The zero-order valence-corrected chi connectivity index (χ0v) is 11.8. The Morgan fingerprint density at radius 3 is 2.48 bits per heavy atom. The van der Waals surface area contributed by atoms with E-state index in [0.29, 0.717) is 6.42 Å². The highest BCUT2D eigenvalue weighted by Crippen LogP contribution is 2.21. The summed E-state index contributed by atoms with van der Waals surface area (Å²) in [5.41, 5.74) is 8.04. The van der Waals surface area contributed by atoms with Crippen molar-refractivity contribution in [3.05, 3.63) is 75.1 Å². The molecular weight excluding hydrogens is 271 g/mol. The lowest BCUT2D eigenvalue weighted by atomic mass is 9.98. The van der Waals surface area contributed by atoms with E-state index in [9.17, 15) is 14.5 Å². The number of nitrogens with two attached hydrogens (primary N) is 1. The maximum Gasteiger partial charge on any atom is 0.305 e. The Labute approximate surface area is 122 Å². The lowest BCUT2D eigenvalue weighted by Crippen LogP contribution is -2.26. The number of halogens is 1. The standard InChI is InChI=1S/C16H17FN2O2/c1-11-5-7-12(8-6-11)9-14(18)10-13-3-2-4-15(16(13)17)19(20)21/h2-8,14H,9-10,18H2,1H3. The van der Waals surface area contributed by atoms with E-state index in [4.69, 9.17) is 5.73 Å². The van der Waals surface area contributed by atoms with Gasteiger partial charge in [-0.1, -0.05) is 42.0 Å². The Kier molecular flexibility index (Phi) is 4.65. The SMILES string of the molecule is Cc1ccc(CC(N)Cc2cccc([N+](=O)[O-])c2F)cc1. The number of aryl methyl sites for hydroxylation is 1. The second-order valence-electron chi connectivity index (χ2n) is 5.16. The summed E-state index contributed by atoms with van der Waals surface area (Å²) >= 11 is 0. The smallest absolute Gasteiger partial charge is 0.305 e. The van der Waals surface area contributed by atoms with Crippen LogP contribution in [-0.4, -0.2) is 11.0 Å². The van der Waals surface area contributed by atoms with Crippen LogP contribution < -0.4 is 5.73 Å². The topological polar surface area (TPSA) is 69.2 Å². The highest BCUT2D eigenvalue weighted by molar-refractivity contribution is 5.37. The number of hydrogen-bond donors (Lipinski definition) is 1. The zero-order chi connectivity index (χ0) is 15.4. The molecule has 5 heteroatoms. The number of hydrogen-bond acceptors (Lipinski definition) is 3. The van der Waals surface area contributed by atoms with Gasteiger partial charge in [-0.2, -0.15) is 4.39 Å². The van der Waals surface area contributed by atoms with Crippen LogP contribution in [-0.2, 0) is 12.8 Å². The third-order valence-electron chi connectivity index (χ3n) is 3.36. The van der Waals surface area contributed by atoms with Crippen molar-refractivity contribution < 1.29 is 9.31 Å². The first-order chi connectivity index (χ1) is 9.97. The Morgan fingerprint density at radius 2 is 1.86 bits per heavy atom. The molecule has 0 bridgehead atoms. The lowest BCUT2D eigenvalue weighted by Gasteiger charge is -2.12. The van der Waals surface area contributed by atoms with E-state index >= 15 is 0 Å². The number of benzene rings is 2. The first-order valence-electron chi connectivity index (χ1n) is 6.70. The second-order valence-corrected chi connectivity index (χ2v) is 5.16. The number of nitro groups is 1. The Morgan fingerprint density at radius 1 is 1.19 bits per heavy atom. The molecule has 4 nitrogen and oxygen atoms in total. The van der Waals surface area contributed by atoms with Crippen molar-refractivity contribution in [1.82, 2.24) is 0 Å². The van der Waals surface area contributed by atoms with Crippen LogP contribution >= 0.6 is 0 Å². The predicted octanol–water partition coefficient (Wildman–Crippen LogP) is 3.15. The molecule has 0 saturated carbocycles. The van der Waals surface area contributed by atoms with Crippen LogP contribution in [0.2, 0.25) is 0 Å². The molecule has 1 unspecified atom stereocenters. The van der Waals surface area contributed by atoms with Crippen molar-refractivity contribution in [1.29, 1.82) is 0 Å². The van der Waals surface area contributed by atoms with Crippen LogP contribution in [0.3, 0.4) is 0 Å². The van der Waals surface area contributed by atoms with E-state index in [-0.39, 0.29) is 18.0 Å². The van der Waals surface area contributed by atoms with Crippen LogP contribution in [0.15, 0.2) is 42.5 Å². The van der Waals surface area contributed by atoms with Crippen molar-refractivity contribution >= 4 is 5.69 Å². The van der Waals surface area contributed by atoms with Gasteiger partial charge in [-0.05, 0) is 30.9 Å². The monoisotopic (exact) mass is 288 g/mol. The molecule has 0 aliphatic heterocycles. The Hall–Kier alpha value is -2.27. The molecule has 0 saturated heterocycles. The molecule has 2 rings (SSSR count). The fourth-order valence-corrected chi connectivity index (χ4v) is 2.25. The maximum absolute atomic E-state index is 14.0. The molecule has 21 heavy (non-hydrogen) atoms. The summed E-state index contributed by atoms with van der Waals surface area (Å²) < 4.78 is 14.0. The van der Waals surface area contributed by atoms with E-state index in [2.05, 4.69) is 0 Å². The average molecular weight is 288 g/mol. The van der Waals surface area contributed by atoms with Gasteiger partial charge in [0.15, 0.2) is 0 Å². The van der Waals surface area contributed by atoms with E-state index < -0.39 is 16.4 Å². The van der Waals surface area contributed by atoms with Crippen LogP contribution in [0.25, 0.3) is 0 Å².